The maximum absolute atomic E-state index is 12.3. The van der Waals surface area contributed by atoms with E-state index in [2.05, 4.69) is 36.3 Å². The summed E-state index contributed by atoms with van der Waals surface area (Å²) in [6, 6.07) is 0. The third kappa shape index (κ3) is 13.1. The number of ketones is 1. The van der Waals surface area contributed by atoms with E-state index in [1.807, 2.05) is 0 Å². The average molecular weight is 399 g/mol. The van der Waals surface area contributed by atoms with Crippen LogP contribution >= 0.6 is 12.4 Å². The molecule has 0 aromatic carbocycles. The van der Waals surface area contributed by atoms with Crippen molar-refractivity contribution in [2.24, 2.45) is 10.9 Å². The van der Waals surface area contributed by atoms with Crippen LogP contribution in [0.5, 0.6) is 0 Å². The smallest absolute Gasteiger partial charge is 0.200 e. The van der Waals surface area contributed by atoms with Gasteiger partial charge in [-0.2, -0.15) is 0 Å². The van der Waals surface area contributed by atoms with Gasteiger partial charge in [0, 0.05) is 12.5 Å². The van der Waals surface area contributed by atoms with Gasteiger partial charge in [-0.3, -0.25) is 9.79 Å². The zero-order valence-electron chi connectivity index (χ0n) is 17.8. The van der Waals surface area contributed by atoms with Crippen LogP contribution in [0.4, 0.5) is 0 Å². The minimum atomic E-state index is 0. The van der Waals surface area contributed by atoms with E-state index in [1.54, 1.807) is 0 Å². The number of nitrogens with one attached hydrogen (secondary N) is 1. The number of unbranched alkanes of at least 4 members (excludes halogenated alkanes) is 10. The fraction of sp³-hybridized carbons (Fsp3) is 0.826. The lowest BCUT2D eigenvalue weighted by Gasteiger charge is -2.13. The molecular weight excluding hydrogens is 356 g/mol. The number of aliphatic imine (C=N–C) groups is 1. The summed E-state index contributed by atoms with van der Waals surface area (Å²) in [6.07, 6.45) is 22.4. The molecule has 0 amide bonds. The summed E-state index contributed by atoms with van der Waals surface area (Å²) >= 11 is 0. The second-order valence-electron chi connectivity index (χ2n) is 7.65. The summed E-state index contributed by atoms with van der Waals surface area (Å²) in [7, 11) is 0. The highest BCUT2D eigenvalue weighted by Crippen LogP contribution is 2.17. The Hall–Kier alpha value is -0.830. The molecule has 0 aliphatic carbocycles. The molecular formula is C23H43ClN2O. The predicted octanol–water partition coefficient (Wildman–Crippen LogP) is 6.65. The number of carbonyl (C=O) groups is 1. The Balaban J connectivity index is 0.00000676. The zero-order chi connectivity index (χ0) is 18.9. The second-order valence-corrected chi connectivity index (χ2v) is 7.65. The molecule has 3 nitrogen and oxygen atoms in total. The lowest BCUT2D eigenvalue weighted by molar-refractivity contribution is -0.117. The molecule has 27 heavy (non-hydrogen) atoms. The van der Waals surface area contributed by atoms with E-state index >= 15 is 0 Å². The van der Waals surface area contributed by atoms with Crippen LogP contribution in [0.25, 0.3) is 0 Å². The van der Waals surface area contributed by atoms with Crippen molar-refractivity contribution in [3.63, 3.8) is 0 Å². The Morgan fingerprint density at radius 1 is 0.963 bits per heavy atom. The van der Waals surface area contributed by atoms with Gasteiger partial charge in [0.15, 0.2) is 11.6 Å². The van der Waals surface area contributed by atoms with Crippen LogP contribution in [-0.4, -0.2) is 24.7 Å². The molecule has 0 aromatic heterocycles. The van der Waals surface area contributed by atoms with Gasteiger partial charge >= 0.3 is 0 Å². The number of amidine groups is 1. The summed E-state index contributed by atoms with van der Waals surface area (Å²) in [5.74, 6) is 1.03. The van der Waals surface area contributed by atoms with Crippen molar-refractivity contribution in [1.29, 1.82) is 0 Å². The summed E-state index contributed by atoms with van der Waals surface area (Å²) < 4.78 is 0. The molecule has 1 aliphatic rings. The van der Waals surface area contributed by atoms with Gasteiger partial charge < -0.3 is 5.32 Å². The minimum Gasteiger partial charge on any atom is -0.366 e. The largest absolute Gasteiger partial charge is 0.366 e. The van der Waals surface area contributed by atoms with E-state index in [1.165, 1.54) is 77.0 Å². The van der Waals surface area contributed by atoms with Gasteiger partial charge in [-0.1, -0.05) is 77.4 Å². The van der Waals surface area contributed by atoms with E-state index in [0.717, 1.165) is 25.9 Å². The molecule has 1 unspecified atom stereocenters. The first-order valence-corrected chi connectivity index (χ1v) is 11.3. The van der Waals surface area contributed by atoms with E-state index in [-0.39, 0.29) is 24.1 Å². The van der Waals surface area contributed by atoms with Gasteiger partial charge in [-0.25, -0.2) is 0 Å². The Bertz CT molecular complexity index is 421. The van der Waals surface area contributed by atoms with Crippen LogP contribution < -0.4 is 5.32 Å². The predicted molar refractivity (Wildman–Crippen MR) is 121 cm³/mol. The van der Waals surface area contributed by atoms with Gasteiger partial charge in [-0.05, 0) is 38.5 Å². The molecule has 1 rings (SSSR count). The first-order chi connectivity index (χ1) is 12.8. The van der Waals surface area contributed by atoms with Crippen molar-refractivity contribution >= 4 is 24.0 Å². The van der Waals surface area contributed by atoms with Crippen LogP contribution in [0.1, 0.15) is 104 Å². The number of nitrogens with zero attached hydrogens (tertiary/aromatic N) is 1. The standard InChI is InChI=1S/C23H42N2O.ClH/c1-3-5-6-7-8-9-10-11-12-13-14-15-16-17-18-21(4-2)22(26)23-24-19-20-25-23;/h11-12,21H,3-10,13-20H2,1-2H3,(H,24,25);1H. The monoisotopic (exact) mass is 398 g/mol. The molecule has 1 heterocycles. The van der Waals surface area contributed by atoms with E-state index in [0.29, 0.717) is 5.84 Å². The minimum absolute atomic E-state index is 0. The van der Waals surface area contributed by atoms with Gasteiger partial charge in [0.1, 0.15) is 0 Å². The first-order valence-electron chi connectivity index (χ1n) is 11.3. The lowest BCUT2D eigenvalue weighted by Crippen LogP contribution is -2.32. The highest BCUT2D eigenvalue weighted by atomic mass is 35.5. The number of hydrogen-bond donors (Lipinski definition) is 1. The van der Waals surface area contributed by atoms with Crippen LogP contribution in [0, 0.1) is 5.92 Å². The SMILES string of the molecule is CCCCCCCCC=CCCCCCCC(CC)C(=O)C1=NCCN1.Cl. The molecule has 1 atom stereocenters. The highest BCUT2D eigenvalue weighted by Gasteiger charge is 2.22. The van der Waals surface area contributed by atoms with Crippen LogP contribution in [-0.2, 0) is 4.79 Å². The number of rotatable bonds is 17. The second kappa shape index (κ2) is 18.5. The first kappa shape index (κ1) is 26.2. The Kier molecular flexibility index (Phi) is 18.0. The molecule has 1 aliphatic heterocycles. The molecule has 0 aromatic rings. The van der Waals surface area contributed by atoms with Gasteiger partial charge in [0.25, 0.3) is 0 Å². The summed E-state index contributed by atoms with van der Waals surface area (Å²) in [5, 5.41) is 3.12. The Labute approximate surface area is 174 Å². The zero-order valence-corrected chi connectivity index (χ0v) is 18.6. The molecule has 0 radical (unpaired) electrons. The molecule has 0 saturated heterocycles. The number of Topliss-reactive ketones (excluding diaryl/α,β-unsaturated/α-hetero) is 1. The van der Waals surface area contributed by atoms with Crippen molar-refractivity contribution < 1.29 is 4.79 Å². The molecule has 4 heteroatoms. The van der Waals surface area contributed by atoms with Gasteiger partial charge in [0.05, 0.1) is 6.54 Å². The van der Waals surface area contributed by atoms with E-state index in [9.17, 15) is 4.79 Å². The maximum atomic E-state index is 12.3. The molecule has 0 spiro atoms. The van der Waals surface area contributed by atoms with Crippen molar-refractivity contribution in [2.75, 3.05) is 13.1 Å². The topological polar surface area (TPSA) is 41.5 Å². The summed E-state index contributed by atoms with van der Waals surface area (Å²) in [6.45, 7) is 5.97. The van der Waals surface area contributed by atoms with Crippen molar-refractivity contribution in [3.8, 4) is 0 Å². The van der Waals surface area contributed by atoms with E-state index < -0.39 is 0 Å². The van der Waals surface area contributed by atoms with E-state index in [4.69, 9.17) is 0 Å². The molecule has 0 saturated carbocycles. The number of carbonyl (C=O) groups excluding carboxylic acids is 1. The van der Waals surface area contributed by atoms with Crippen molar-refractivity contribution in [2.45, 2.75) is 104 Å². The molecule has 1 N–H and O–H groups in total. The highest BCUT2D eigenvalue weighted by molar-refractivity contribution is 6.39. The van der Waals surface area contributed by atoms with Crippen LogP contribution in [0.15, 0.2) is 17.1 Å². The van der Waals surface area contributed by atoms with Crippen molar-refractivity contribution in [1.82, 2.24) is 5.32 Å². The number of allylic oxidation sites excluding steroid dienone is 2. The van der Waals surface area contributed by atoms with Crippen LogP contribution in [0.3, 0.4) is 0 Å². The fourth-order valence-corrected chi connectivity index (χ4v) is 3.56. The number of hydrogen-bond acceptors (Lipinski definition) is 3. The van der Waals surface area contributed by atoms with Crippen LogP contribution in [0.2, 0.25) is 0 Å². The normalized spacial score (nSPS) is 14.7. The van der Waals surface area contributed by atoms with Gasteiger partial charge in [0.2, 0.25) is 0 Å². The maximum Gasteiger partial charge on any atom is 0.200 e. The average Bonchev–Trinajstić information content (AvgIpc) is 3.19. The lowest BCUT2D eigenvalue weighted by atomic mass is 9.93. The molecule has 0 bridgehead atoms. The Morgan fingerprint density at radius 3 is 2.11 bits per heavy atom. The third-order valence-electron chi connectivity index (χ3n) is 5.34. The van der Waals surface area contributed by atoms with Gasteiger partial charge in [-0.15, -0.1) is 12.4 Å². The van der Waals surface area contributed by atoms with Crippen molar-refractivity contribution in [3.05, 3.63) is 12.2 Å². The summed E-state index contributed by atoms with van der Waals surface area (Å²) in [5.41, 5.74) is 0. The molecule has 0 fully saturated rings. The summed E-state index contributed by atoms with van der Waals surface area (Å²) in [4.78, 5) is 16.6. The number of halogens is 1. The third-order valence-corrected chi connectivity index (χ3v) is 5.34. The molecule has 158 valence electrons. The Morgan fingerprint density at radius 2 is 1.56 bits per heavy atom. The fourth-order valence-electron chi connectivity index (χ4n) is 3.56. The quantitative estimate of drug-likeness (QED) is 0.220.